The number of aliphatic carboxylic acids is 1. The van der Waals surface area contributed by atoms with Crippen LogP contribution in [-0.2, 0) is 15.7 Å². The maximum atomic E-state index is 14.5. The topological polar surface area (TPSA) is 97.8 Å². The smallest absolute Gasteiger partial charge is 0.416 e. The zero-order chi connectivity index (χ0) is 34.9. The summed E-state index contributed by atoms with van der Waals surface area (Å²) in [5, 5.41) is 9.27. The van der Waals surface area contributed by atoms with Crippen LogP contribution in [0.15, 0.2) is 48.5 Å². The Kier molecular flexibility index (Phi) is 9.86. The van der Waals surface area contributed by atoms with E-state index in [1.54, 1.807) is 13.2 Å². The molecule has 0 amide bonds. The Morgan fingerprint density at radius 1 is 1.06 bits per heavy atom. The van der Waals surface area contributed by atoms with Gasteiger partial charge in [0.2, 0.25) is 0 Å². The second kappa shape index (κ2) is 13.9. The van der Waals surface area contributed by atoms with Crippen LogP contribution in [0.5, 0.6) is 0 Å². The summed E-state index contributed by atoms with van der Waals surface area (Å²) in [7, 11) is 3.61. The first kappa shape index (κ1) is 34.6. The van der Waals surface area contributed by atoms with Crippen LogP contribution in [0.3, 0.4) is 0 Å². The molecule has 6 rings (SSSR count). The lowest BCUT2D eigenvalue weighted by Crippen LogP contribution is -2.50. The third kappa shape index (κ3) is 7.52. The molecule has 1 atom stereocenters. The molecule has 1 unspecified atom stereocenters. The summed E-state index contributed by atoms with van der Waals surface area (Å²) in [4.78, 5) is 30.7. The van der Waals surface area contributed by atoms with Gasteiger partial charge in [-0.15, -0.1) is 0 Å². The Hall–Kier alpha value is -4.23. The lowest BCUT2D eigenvalue weighted by Gasteiger charge is -2.44. The van der Waals surface area contributed by atoms with Crippen LogP contribution in [0.1, 0.15) is 44.6 Å². The molecule has 3 heterocycles. The normalized spacial score (nSPS) is 17.2. The second-order valence-corrected chi connectivity index (χ2v) is 13.4. The molecule has 0 spiro atoms. The van der Waals surface area contributed by atoms with E-state index in [1.807, 2.05) is 38.2 Å². The number of hydrogen-bond donors (Lipinski definition) is 2. The van der Waals surface area contributed by atoms with Crippen molar-refractivity contribution in [1.29, 1.82) is 0 Å². The van der Waals surface area contributed by atoms with Crippen molar-refractivity contribution >= 4 is 28.5 Å². The summed E-state index contributed by atoms with van der Waals surface area (Å²) in [6, 6.07) is 12.2. The van der Waals surface area contributed by atoms with Gasteiger partial charge in [-0.2, -0.15) is 13.2 Å². The number of carboxylic acids is 1. The van der Waals surface area contributed by atoms with Gasteiger partial charge in [-0.05, 0) is 67.8 Å². The number of imidazole rings is 1. The number of aromatic nitrogens is 3. The summed E-state index contributed by atoms with van der Waals surface area (Å²) >= 11 is 0. The minimum absolute atomic E-state index is 0.0151. The number of pyridine rings is 1. The number of rotatable bonds is 12. The molecule has 262 valence electrons. The zero-order valence-electron chi connectivity index (χ0n) is 28.0. The fourth-order valence-corrected chi connectivity index (χ4v) is 7.29. The number of nitrogens with zero attached hydrogens (tertiary/aromatic N) is 5. The molecule has 0 bridgehead atoms. The van der Waals surface area contributed by atoms with Crippen molar-refractivity contribution in [1.82, 2.24) is 19.9 Å². The number of aromatic amines is 1. The van der Waals surface area contributed by atoms with E-state index in [0.717, 1.165) is 75.2 Å². The van der Waals surface area contributed by atoms with Crippen LogP contribution in [-0.4, -0.2) is 90.5 Å². The van der Waals surface area contributed by atoms with E-state index < -0.39 is 23.5 Å². The highest BCUT2D eigenvalue weighted by molar-refractivity contribution is 5.91. The SMILES string of the molecule is CCC(CC(=O)O)N1CCN(c2ccc(-c3nc4nc(-c5cc(F)cc(C(F)(F)F)c5)cc(N(C)CC5(COC)CCC5)c4[nH]3)cc2)CC1. The first-order valence-electron chi connectivity index (χ1n) is 16.7. The molecule has 2 aliphatic rings. The van der Waals surface area contributed by atoms with Crippen LogP contribution in [0.25, 0.3) is 33.8 Å². The van der Waals surface area contributed by atoms with Gasteiger partial charge in [-0.3, -0.25) is 9.69 Å². The number of nitrogens with one attached hydrogen (secondary N) is 1. The van der Waals surface area contributed by atoms with Crippen LogP contribution >= 0.6 is 0 Å². The monoisotopic (exact) mass is 682 g/mol. The highest BCUT2D eigenvalue weighted by Gasteiger charge is 2.38. The fraction of sp³-hybridized carbons (Fsp3) is 0.472. The van der Waals surface area contributed by atoms with Crippen LogP contribution < -0.4 is 9.80 Å². The van der Waals surface area contributed by atoms with Crippen molar-refractivity contribution in [3.05, 3.63) is 59.9 Å². The van der Waals surface area contributed by atoms with Crippen molar-refractivity contribution in [3.8, 4) is 22.6 Å². The summed E-state index contributed by atoms with van der Waals surface area (Å²) < 4.78 is 60.9. The number of anilines is 2. The van der Waals surface area contributed by atoms with Crippen molar-refractivity contribution < 1.29 is 32.2 Å². The molecule has 2 aromatic carbocycles. The lowest BCUT2D eigenvalue weighted by atomic mass is 9.69. The van der Waals surface area contributed by atoms with Gasteiger partial charge in [-0.1, -0.05) is 13.3 Å². The van der Waals surface area contributed by atoms with E-state index >= 15 is 0 Å². The lowest BCUT2D eigenvalue weighted by molar-refractivity contribution is -0.139. The number of piperazine rings is 1. The zero-order valence-corrected chi connectivity index (χ0v) is 28.0. The summed E-state index contributed by atoms with van der Waals surface area (Å²) in [5.41, 5.74) is 2.58. The number of halogens is 4. The summed E-state index contributed by atoms with van der Waals surface area (Å²) in [6.45, 7) is 6.39. The van der Waals surface area contributed by atoms with Gasteiger partial charge in [0.25, 0.3) is 0 Å². The van der Waals surface area contributed by atoms with E-state index in [1.165, 1.54) is 0 Å². The summed E-state index contributed by atoms with van der Waals surface area (Å²) in [5.74, 6) is -1.22. The third-order valence-corrected chi connectivity index (χ3v) is 10.0. The number of benzene rings is 2. The molecule has 1 aliphatic heterocycles. The predicted molar refractivity (Wildman–Crippen MR) is 181 cm³/mol. The molecule has 13 heteroatoms. The molecule has 2 N–H and O–H groups in total. The van der Waals surface area contributed by atoms with Crippen molar-refractivity contribution in [2.45, 2.75) is 51.2 Å². The molecular formula is C36H42F4N6O3. The average molecular weight is 683 g/mol. The number of fused-ring (bicyclic) bond motifs is 1. The van der Waals surface area contributed by atoms with E-state index in [-0.39, 0.29) is 29.1 Å². The molecule has 0 radical (unpaired) electrons. The number of alkyl halides is 3. The Bertz CT molecular complexity index is 1780. The molecule has 1 saturated carbocycles. The highest BCUT2D eigenvalue weighted by atomic mass is 19.4. The highest BCUT2D eigenvalue weighted by Crippen LogP contribution is 2.43. The third-order valence-electron chi connectivity index (χ3n) is 10.0. The van der Waals surface area contributed by atoms with Crippen molar-refractivity contribution in [2.75, 3.05) is 63.3 Å². The largest absolute Gasteiger partial charge is 0.481 e. The van der Waals surface area contributed by atoms with Gasteiger partial charge in [0.05, 0.1) is 30.0 Å². The van der Waals surface area contributed by atoms with Gasteiger partial charge in [0.1, 0.15) is 17.2 Å². The number of hydrogen-bond acceptors (Lipinski definition) is 7. The average Bonchev–Trinajstić information content (AvgIpc) is 3.49. The second-order valence-electron chi connectivity index (χ2n) is 13.4. The maximum Gasteiger partial charge on any atom is 0.416 e. The molecular weight excluding hydrogens is 640 g/mol. The first-order valence-corrected chi connectivity index (χ1v) is 16.7. The number of carbonyl (C=O) groups is 1. The van der Waals surface area contributed by atoms with Crippen molar-refractivity contribution in [3.63, 3.8) is 0 Å². The number of H-pyrrole nitrogens is 1. The van der Waals surface area contributed by atoms with Crippen molar-refractivity contribution in [2.24, 2.45) is 5.41 Å². The molecule has 49 heavy (non-hydrogen) atoms. The standard InChI is InChI=1S/C36H42F4N6O3/c1-4-27(19-31(47)48)45-12-14-46(15-13-45)28-8-6-23(7-9-28)33-42-32-30(44(2)21-35(22-49-3)10-5-11-35)20-29(41-34(32)43-33)24-16-25(36(38,39)40)18-26(37)17-24/h6-9,16-18,20,27H,4-5,10-15,19,21-22H2,1-3H3,(H,47,48)(H,41,42,43). The minimum atomic E-state index is -4.71. The molecule has 2 fully saturated rings. The molecule has 4 aromatic rings. The van der Waals surface area contributed by atoms with Crippen LogP contribution in [0.2, 0.25) is 0 Å². The van der Waals surface area contributed by atoms with Crippen LogP contribution in [0, 0.1) is 11.2 Å². The Morgan fingerprint density at radius 3 is 2.37 bits per heavy atom. The van der Waals surface area contributed by atoms with Gasteiger partial charge < -0.3 is 24.6 Å². The molecule has 1 aliphatic carbocycles. The van der Waals surface area contributed by atoms with E-state index in [0.29, 0.717) is 41.9 Å². The number of methoxy groups -OCH3 is 1. The van der Waals surface area contributed by atoms with E-state index in [4.69, 9.17) is 9.72 Å². The predicted octanol–water partition coefficient (Wildman–Crippen LogP) is 7.08. The quantitative estimate of drug-likeness (QED) is 0.153. The molecule has 1 saturated heterocycles. The van der Waals surface area contributed by atoms with Gasteiger partial charge >= 0.3 is 12.1 Å². The number of ether oxygens (including phenoxy) is 1. The van der Waals surface area contributed by atoms with Gasteiger partial charge in [0, 0.05) is 75.2 Å². The van der Waals surface area contributed by atoms with E-state index in [9.17, 15) is 27.5 Å². The Balaban J connectivity index is 1.30. The molecule has 2 aromatic heterocycles. The Labute approximate surface area is 282 Å². The molecule has 9 nitrogen and oxygen atoms in total. The summed E-state index contributed by atoms with van der Waals surface area (Å²) in [6.07, 6.45) is -0.681. The minimum Gasteiger partial charge on any atom is -0.481 e. The van der Waals surface area contributed by atoms with Gasteiger partial charge in [0.15, 0.2) is 5.65 Å². The number of carboxylic acid groups (broad SMARTS) is 1. The fourth-order valence-electron chi connectivity index (χ4n) is 7.29. The first-order chi connectivity index (χ1) is 23.4. The van der Waals surface area contributed by atoms with Gasteiger partial charge in [-0.25, -0.2) is 14.4 Å². The van der Waals surface area contributed by atoms with Crippen LogP contribution in [0.4, 0.5) is 28.9 Å². The van der Waals surface area contributed by atoms with E-state index in [2.05, 4.69) is 24.7 Å². The Morgan fingerprint density at radius 2 is 1.78 bits per heavy atom. The maximum absolute atomic E-state index is 14.5.